The van der Waals surface area contributed by atoms with Gasteiger partial charge in [0.25, 0.3) is 0 Å². The van der Waals surface area contributed by atoms with Crippen LogP contribution in [0.4, 0.5) is 5.69 Å². The number of benzene rings is 1. The molecule has 126 valence electrons. The number of fused-ring (bicyclic) bond motifs is 1. The van der Waals surface area contributed by atoms with Crippen molar-refractivity contribution in [2.45, 2.75) is 38.8 Å². The van der Waals surface area contributed by atoms with Gasteiger partial charge in [-0.1, -0.05) is 25.5 Å². The molecule has 2 aliphatic heterocycles. The molecule has 0 aliphatic carbocycles. The molecule has 1 aromatic rings. The molecule has 0 spiro atoms. The predicted octanol–water partition coefficient (Wildman–Crippen LogP) is 1.61. The Morgan fingerprint density at radius 1 is 1.22 bits per heavy atom. The van der Waals surface area contributed by atoms with Crippen LogP contribution in [0, 0.1) is 6.92 Å². The third-order valence-electron chi connectivity index (χ3n) is 4.78. The van der Waals surface area contributed by atoms with Crippen molar-refractivity contribution in [3.8, 4) is 0 Å². The first-order chi connectivity index (χ1) is 10.9. The molecule has 0 N–H and O–H groups in total. The molecule has 0 bridgehead atoms. The number of carbonyl (C=O) groups is 1. The highest BCUT2D eigenvalue weighted by atomic mass is 32.2. The van der Waals surface area contributed by atoms with Crippen LogP contribution in [-0.2, 0) is 14.6 Å². The maximum absolute atomic E-state index is 12.7. The summed E-state index contributed by atoms with van der Waals surface area (Å²) < 4.78 is 24.4. The average molecular weight is 336 g/mol. The number of hydrogen-bond donors (Lipinski definition) is 0. The van der Waals surface area contributed by atoms with E-state index >= 15 is 0 Å². The molecule has 2 fully saturated rings. The van der Waals surface area contributed by atoms with Crippen LogP contribution < -0.4 is 4.90 Å². The lowest BCUT2D eigenvalue weighted by molar-refractivity contribution is -0.123. The van der Waals surface area contributed by atoms with Gasteiger partial charge in [0, 0.05) is 11.7 Å². The standard InChI is InChI=1S/C17H24N2O3S/c1-3-4-8-18-10-17(20)19(14-7-5-6-13(2)9-14)16-12-23(21,22)11-15(16)18/h5-7,9,15-16H,3-4,8,10-12H2,1-2H3/t15-,16+/m0/s1. The van der Waals surface area contributed by atoms with Crippen molar-refractivity contribution < 1.29 is 13.2 Å². The van der Waals surface area contributed by atoms with E-state index in [1.54, 1.807) is 4.90 Å². The topological polar surface area (TPSA) is 57.7 Å². The molecule has 5 nitrogen and oxygen atoms in total. The third-order valence-corrected chi connectivity index (χ3v) is 6.48. The van der Waals surface area contributed by atoms with Gasteiger partial charge in [0.1, 0.15) is 0 Å². The lowest BCUT2D eigenvalue weighted by atomic mass is 10.0. The highest BCUT2D eigenvalue weighted by Crippen LogP contribution is 2.32. The van der Waals surface area contributed by atoms with Crippen LogP contribution in [0.25, 0.3) is 0 Å². The van der Waals surface area contributed by atoms with E-state index in [1.807, 2.05) is 31.2 Å². The predicted molar refractivity (Wildman–Crippen MR) is 91.4 cm³/mol. The van der Waals surface area contributed by atoms with Gasteiger partial charge < -0.3 is 4.90 Å². The minimum absolute atomic E-state index is 0.00468. The van der Waals surface area contributed by atoms with Gasteiger partial charge in [0.05, 0.1) is 24.1 Å². The minimum Gasteiger partial charge on any atom is -0.306 e. The largest absolute Gasteiger partial charge is 0.306 e. The van der Waals surface area contributed by atoms with Crippen molar-refractivity contribution in [1.82, 2.24) is 4.90 Å². The second kappa shape index (κ2) is 6.24. The van der Waals surface area contributed by atoms with Crippen LogP contribution in [0.3, 0.4) is 0 Å². The van der Waals surface area contributed by atoms with Crippen LogP contribution >= 0.6 is 0 Å². The van der Waals surface area contributed by atoms with Crippen molar-refractivity contribution in [2.24, 2.45) is 0 Å². The first-order valence-electron chi connectivity index (χ1n) is 8.24. The molecule has 2 heterocycles. The van der Waals surface area contributed by atoms with Gasteiger partial charge in [-0.3, -0.25) is 9.69 Å². The highest BCUT2D eigenvalue weighted by Gasteiger charge is 2.49. The number of carbonyl (C=O) groups excluding carboxylic acids is 1. The summed E-state index contributed by atoms with van der Waals surface area (Å²) in [6.45, 7) is 5.19. The van der Waals surface area contributed by atoms with Gasteiger partial charge in [-0.2, -0.15) is 0 Å². The SMILES string of the molecule is CCCCN1CC(=O)N(c2cccc(C)c2)[C@@H]2CS(=O)(=O)C[C@@H]21. The summed E-state index contributed by atoms with van der Waals surface area (Å²) in [5, 5.41) is 0. The molecule has 2 saturated heterocycles. The number of amides is 1. The zero-order valence-corrected chi connectivity index (χ0v) is 14.6. The zero-order chi connectivity index (χ0) is 16.6. The number of rotatable bonds is 4. The molecule has 2 atom stereocenters. The van der Waals surface area contributed by atoms with E-state index in [2.05, 4.69) is 11.8 Å². The molecule has 3 rings (SSSR count). The van der Waals surface area contributed by atoms with Gasteiger partial charge in [-0.25, -0.2) is 8.42 Å². The Morgan fingerprint density at radius 3 is 2.65 bits per heavy atom. The summed E-state index contributed by atoms with van der Waals surface area (Å²) in [6, 6.07) is 7.41. The molecule has 6 heteroatoms. The summed E-state index contributed by atoms with van der Waals surface area (Å²) >= 11 is 0. The molecule has 0 saturated carbocycles. The van der Waals surface area contributed by atoms with E-state index < -0.39 is 9.84 Å². The lowest BCUT2D eigenvalue weighted by Gasteiger charge is -2.43. The number of piperazine rings is 1. The fraction of sp³-hybridized carbons (Fsp3) is 0.588. The van der Waals surface area contributed by atoms with E-state index in [1.165, 1.54) is 0 Å². The summed E-state index contributed by atoms with van der Waals surface area (Å²) in [7, 11) is -3.10. The Morgan fingerprint density at radius 2 is 1.96 bits per heavy atom. The fourth-order valence-corrected chi connectivity index (χ4v) is 5.66. The fourth-order valence-electron chi connectivity index (χ4n) is 3.68. The van der Waals surface area contributed by atoms with Crippen LogP contribution in [0.1, 0.15) is 25.3 Å². The lowest BCUT2D eigenvalue weighted by Crippen LogP contribution is -2.62. The van der Waals surface area contributed by atoms with E-state index in [9.17, 15) is 13.2 Å². The number of sulfone groups is 1. The van der Waals surface area contributed by atoms with Crippen LogP contribution in [0.5, 0.6) is 0 Å². The normalized spacial score (nSPS) is 27.2. The highest BCUT2D eigenvalue weighted by molar-refractivity contribution is 7.91. The third kappa shape index (κ3) is 3.28. The maximum Gasteiger partial charge on any atom is 0.241 e. The van der Waals surface area contributed by atoms with Crippen molar-refractivity contribution in [3.63, 3.8) is 0 Å². The molecule has 0 unspecified atom stereocenters. The van der Waals surface area contributed by atoms with Crippen molar-refractivity contribution in [3.05, 3.63) is 29.8 Å². The molecular formula is C17H24N2O3S. The van der Waals surface area contributed by atoms with Crippen molar-refractivity contribution in [2.75, 3.05) is 29.5 Å². The van der Waals surface area contributed by atoms with E-state index in [4.69, 9.17) is 0 Å². The Hall–Kier alpha value is -1.40. The maximum atomic E-state index is 12.7. The van der Waals surface area contributed by atoms with Gasteiger partial charge in [0.15, 0.2) is 9.84 Å². The van der Waals surface area contributed by atoms with Crippen LogP contribution in [0.2, 0.25) is 0 Å². The first kappa shape index (κ1) is 16.5. The first-order valence-corrected chi connectivity index (χ1v) is 10.1. The van der Waals surface area contributed by atoms with Gasteiger partial charge in [0.2, 0.25) is 5.91 Å². The van der Waals surface area contributed by atoms with Crippen molar-refractivity contribution >= 4 is 21.4 Å². The summed E-state index contributed by atoms with van der Waals surface area (Å²) in [6.07, 6.45) is 2.03. The smallest absolute Gasteiger partial charge is 0.241 e. The van der Waals surface area contributed by atoms with E-state index in [0.717, 1.165) is 30.6 Å². The van der Waals surface area contributed by atoms with Gasteiger partial charge in [-0.05, 0) is 37.6 Å². The molecular weight excluding hydrogens is 312 g/mol. The number of anilines is 1. The molecule has 23 heavy (non-hydrogen) atoms. The number of nitrogens with zero attached hydrogens (tertiary/aromatic N) is 2. The zero-order valence-electron chi connectivity index (χ0n) is 13.7. The Labute approximate surface area is 138 Å². The number of hydrogen-bond acceptors (Lipinski definition) is 4. The molecule has 0 aromatic heterocycles. The molecule has 1 amide bonds. The number of unbranched alkanes of at least 4 members (excludes halogenated alkanes) is 1. The quantitative estimate of drug-likeness (QED) is 0.838. The van der Waals surface area contributed by atoms with E-state index in [-0.39, 0.29) is 29.5 Å². The molecule has 0 radical (unpaired) electrons. The minimum atomic E-state index is -3.10. The molecule has 1 aromatic carbocycles. The van der Waals surface area contributed by atoms with Gasteiger partial charge in [-0.15, -0.1) is 0 Å². The Kier molecular flexibility index (Phi) is 4.47. The average Bonchev–Trinajstić information content (AvgIpc) is 2.79. The Balaban J connectivity index is 1.94. The van der Waals surface area contributed by atoms with Crippen LogP contribution in [0.15, 0.2) is 24.3 Å². The monoisotopic (exact) mass is 336 g/mol. The van der Waals surface area contributed by atoms with Gasteiger partial charge >= 0.3 is 0 Å². The second-order valence-corrected chi connectivity index (χ2v) is 8.79. The summed E-state index contributed by atoms with van der Waals surface area (Å²) in [5.41, 5.74) is 1.89. The number of aryl methyl sites for hydroxylation is 1. The van der Waals surface area contributed by atoms with E-state index in [0.29, 0.717) is 6.54 Å². The summed E-state index contributed by atoms with van der Waals surface area (Å²) in [4.78, 5) is 16.5. The second-order valence-electron chi connectivity index (χ2n) is 6.64. The summed E-state index contributed by atoms with van der Waals surface area (Å²) in [5.74, 6) is 0.238. The van der Waals surface area contributed by atoms with Crippen molar-refractivity contribution in [1.29, 1.82) is 0 Å². The Bertz CT molecular complexity index is 702. The van der Waals surface area contributed by atoms with Crippen LogP contribution in [-0.4, -0.2) is 55.9 Å². The molecule has 2 aliphatic rings.